The van der Waals surface area contributed by atoms with Crippen molar-refractivity contribution in [3.05, 3.63) is 53.0 Å². The maximum Gasteiger partial charge on any atom is 0.135 e. The SMILES string of the molecule is CCC(O)COc1c2ccccc2cc2ccc(Br)cc12. The van der Waals surface area contributed by atoms with Crippen LogP contribution in [0.3, 0.4) is 0 Å². The molecular formula is C18H17BrO2. The maximum atomic E-state index is 9.78. The largest absolute Gasteiger partial charge is 0.490 e. The van der Waals surface area contributed by atoms with Crippen molar-refractivity contribution in [2.75, 3.05) is 6.61 Å². The summed E-state index contributed by atoms with van der Waals surface area (Å²) in [5.74, 6) is 0.844. The van der Waals surface area contributed by atoms with Crippen LogP contribution in [0.2, 0.25) is 0 Å². The van der Waals surface area contributed by atoms with Gasteiger partial charge in [-0.05, 0) is 35.4 Å². The van der Waals surface area contributed by atoms with Crippen molar-refractivity contribution in [1.29, 1.82) is 0 Å². The molecule has 0 spiro atoms. The average Bonchev–Trinajstić information content (AvgIpc) is 2.51. The first-order valence-corrected chi connectivity index (χ1v) is 7.90. The number of ether oxygens (including phenoxy) is 1. The summed E-state index contributed by atoms with van der Waals surface area (Å²) in [6, 6.07) is 16.5. The highest BCUT2D eigenvalue weighted by atomic mass is 79.9. The molecule has 0 fully saturated rings. The highest BCUT2D eigenvalue weighted by molar-refractivity contribution is 9.10. The van der Waals surface area contributed by atoms with E-state index in [9.17, 15) is 5.11 Å². The van der Waals surface area contributed by atoms with Crippen LogP contribution in [0.1, 0.15) is 13.3 Å². The molecule has 3 rings (SSSR count). The van der Waals surface area contributed by atoms with E-state index in [1.807, 2.05) is 25.1 Å². The Labute approximate surface area is 132 Å². The molecule has 1 atom stereocenters. The van der Waals surface area contributed by atoms with Crippen LogP contribution in [0.15, 0.2) is 53.0 Å². The number of hydrogen-bond acceptors (Lipinski definition) is 2. The van der Waals surface area contributed by atoms with Gasteiger partial charge in [-0.15, -0.1) is 0 Å². The second-order valence-corrected chi connectivity index (χ2v) is 6.08. The summed E-state index contributed by atoms with van der Waals surface area (Å²) >= 11 is 3.52. The Kier molecular flexibility index (Phi) is 4.13. The molecule has 0 amide bonds. The predicted octanol–water partition coefficient (Wildman–Crippen LogP) is 4.91. The number of rotatable bonds is 4. The van der Waals surface area contributed by atoms with Crippen molar-refractivity contribution in [3.63, 3.8) is 0 Å². The zero-order valence-electron chi connectivity index (χ0n) is 11.8. The highest BCUT2D eigenvalue weighted by Crippen LogP contribution is 2.36. The zero-order valence-corrected chi connectivity index (χ0v) is 13.4. The fraction of sp³-hybridized carbons (Fsp3) is 0.222. The first-order valence-electron chi connectivity index (χ1n) is 7.11. The number of fused-ring (bicyclic) bond motifs is 2. The van der Waals surface area contributed by atoms with Crippen LogP contribution in [-0.4, -0.2) is 17.8 Å². The summed E-state index contributed by atoms with van der Waals surface area (Å²) in [6.07, 6.45) is 0.248. The lowest BCUT2D eigenvalue weighted by molar-refractivity contribution is 0.106. The highest BCUT2D eigenvalue weighted by Gasteiger charge is 2.11. The number of halogens is 1. The van der Waals surface area contributed by atoms with E-state index >= 15 is 0 Å². The van der Waals surface area contributed by atoms with Crippen LogP contribution in [-0.2, 0) is 0 Å². The first-order chi connectivity index (χ1) is 10.2. The van der Waals surface area contributed by atoms with E-state index in [4.69, 9.17) is 4.74 Å². The minimum atomic E-state index is -0.439. The molecule has 0 saturated heterocycles. The van der Waals surface area contributed by atoms with Crippen LogP contribution in [0.25, 0.3) is 21.5 Å². The van der Waals surface area contributed by atoms with Crippen LogP contribution in [0.5, 0.6) is 5.75 Å². The van der Waals surface area contributed by atoms with E-state index in [1.54, 1.807) is 0 Å². The zero-order chi connectivity index (χ0) is 14.8. The Hall–Kier alpha value is -1.58. The van der Waals surface area contributed by atoms with E-state index < -0.39 is 6.10 Å². The van der Waals surface area contributed by atoms with Gasteiger partial charge in [0.1, 0.15) is 12.4 Å². The van der Waals surface area contributed by atoms with E-state index in [0.717, 1.165) is 31.8 Å². The van der Waals surface area contributed by atoms with Gasteiger partial charge in [0.25, 0.3) is 0 Å². The second kappa shape index (κ2) is 6.04. The normalized spacial score (nSPS) is 12.7. The van der Waals surface area contributed by atoms with Gasteiger partial charge in [-0.1, -0.05) is 53.2 Å². The van der Waals surface area contributed by atoms with Crippen LogP contribution in [0, 0.1) is 0 Å². The molecule has 108 valence electrons. The number of benzene rings is 3. The van der Waals surface area contributed by atoms with Crippen molar-refractivity contribution in [3.8, 4) is 5.75 Å². The molecule has 1 N–H and O–H groups in total. The molecule has 0 aliphatic carbocycles. The molecule has 0 heterocycles. The third kappa shape index (κ3) is 2.89. The molecule has 21 heavy (non-hydrogen) atoms. The fourth-order valence-corrected chi connectivity index (χ4v) is 2.81. The molecule has 2 nitrogen and oxygen atoms in total. The lowest BCUT2D eigenvalue weighted by atomic mass is 10.0. The summed E-state index contributed by atoms with van der Waals surface area (Å²) in [7, 11) is 0. The predicted molar refractivity (Wildman–Crippen MR) is 90.9 cm³/mol. The van der Waals surface area contributed by atoms with Gasteiger partial charge in [0, 0.05) is 15.2 Å². The standard InChI is InChI=1S/C18H17BrO2/c1-2-15(20)11-21-18-16-6-4-3-5-12(16)9-13-7-8-14(19)10-17(13)18/h3-10,15,20H,2,11H2,1H3. The molecule has 0 aromatic heterocycles. The lowest BCUT2D eigenvalue weighted by Crippen LogP contribution is -2.16. The Bertz CT molecular complexity index is 783. The Morgan fingerprint density at radius 2 is 1.81 bits per heavy atom. The molecule has 3 aromatic rings. The van der Waals surface area contributed by atoms with Gasteiger partial charge in [-0.2, -0.15) is 0 Å². The fourth-order valence-electron chi connectivity index (χ4n) is 2.45. The molecule has 0 aliphatic rings. The Balaban J connectivity index is 2.20. The van der Waals surface area contributed by atoms with Crippen molar-refractivity contribution in [2.24, 2.45) is 0 Å². The van der Waals surface area contributed by atoms with Crippen LogP contribution < -0.4 is 4.74 Å². The quantitative estimate of drug-likeness (QED) is 0.681. The molecule has 1 unspecified atom stereocenters. The van der Waals surface area contributed by atoms with Gasteiger partial charge in [0.05, 0.1) is 6.10 Å². The van der Waals surface area contributed by atoms with Crippen molar-refractivity contribution in [1.82, 2.24) is 0 Å². The van der Waals surface area contributed by atoms with E-state index in [2.05, 4.69) is 46.3 Å². The minimum absolute atomic E-state index is 0.312. The smallest absolute Gasteiger partial charge is 0.135 e. The average molecular weight is 345 g/mol. The summed E-state index contributed by atoms with van der Waals surface area (Å²) in [6.45, 7) is 2.26. The van der Waals surface area contributed by atoms with E-state index in [0.29, 0.717) is 13.0 Å². The monoisotopic (exact) mass is 344 g/mol. The van der Waals surface area contributed by atoms with Gasteiger partial charge in [-0.3, -0.25) is 0 Å². The molecule has 3 heteroatoms. The van der Waals surface area contributed by atoms with E-state index in [-0.39, 0.29) is 0 Å². The van der Waals surface area contributed by atoms with Gasteiger partial charge in [0.15, 0.2) is 0 Å². The number of aliphatic hydroxyl groups is 1. The summed E-state index contributed by atoms with van der Waals surface area (Å²) in [4.78, 5) is 0. The van der Waals surface area contributed by atoms with Crippen LogP contribution >= 0.6 is 15.9 Å². The summed E-state index contributed by atoms with van der Waals surface area (Å²) in [5.41, 5.74) is 0. The first kappa shape index (κ1) is 14.4. The van der Waals surface area contributed by atoms with Crippen molar-refractivity contribution in [2.45, 2.75) is 19.4 Å². The molecular weight excluding hydrogens is 328 g/mol. The molecule has 0 aliphatic heterocycles. The Morgan fingerprint density at radius 1 is 1.05 bits per heavy atom. The third-order valence-electron chi connectivity index (χ3n) is 3.67. The summed E-state index contributed by atoms with van der Waals surface area (Å²) < 4.78 is 6.99. The number of aliphatic hydroxyl groups excluding tert-OH is 1. The van der Waals surface area contributed by atoms with Crippen LogP contribution in [0.4, 0.5) is 0 Å². The van der Waals surface area contributed by atoms with Gasteiger partial charge in [0.2, 0.25) is 0 Å². The molecule has 0 saturated carbocycles. The maximum absolute atomic E-state index is 9.78. The number of hydrogen-bond donors (Lipinski definition) is 1. The second-order valence-electron chi connectivity index (χ2n) is 5.17. The van der Waals surface area contributed by atoms with Crippen molar-refractivity contribution >= 4 is 37.5 Å². The Morgan fingerprint density at radius 3 is 2.62 bits per heavy atom. The topological polar surface area (TPSA) is 29.5 Å². The lowest BCUT2D eigenvalue weighted by Gasteiger charge is -2.15. The molecule has 0 radical (unpaired) electrons. The van der Waals surface area contributed by atoms with Gasteiger partial charge in [-0.25, -0.2) is 0 Å². The molecule has 0 bridgehead atoms. The van der Waals surface area contributed by atoms with Crippen molar-refractivity contribution < 1.29 is 9.84 Å². The molecule has 3 aromatic carbocycles. The van der Waals surface area contributed by atoms with E-state index in [1.165, 1.54) is 0 Å². The summed E-state index contributed by atoms with van der Waals surface area (Å²) in [5, 5.41) is 14.2. The van der Waals surface area contributed by atoms with Gasteiger partial charge < -0.3 is 9.84 Å². The third-order valence-corrected chi connectivity index (χ3v) is 4.16. The van der Waals surface area contributed by atoms with Gasteiger partial charge >= 0.3 is 0 Å². The minimum Gasteiger partial charge on any atom is -0.490 e.